The Balaban J connectivity index is 1.65. The molecule has 0 spiro atoms. The van der Waals surface area contributed by atoms with Gasteiger partial charge >= 0.3 is 6.03 Å². The first-order valence-corrected chi connectivity index (χ1v) is 10.8. The molecular weight excluding hydrogens is 376 g/mol. The maximum atomic E-state index is 13.2. The van der Waals surface area contributed by atoms with Crippen LogP contribution < -0.4 is 10.9 Å². The summed E-state index contributed by atoms with van der Waals surface area (Å²) in [5, 5.41) is 2.97. The lowest BCUT2D eigenvalue weighted by Gasteiger charge is -2.21. The average molecular weight is 405 g/mol. The van der Waals surface area contributed by atoms with E-state index in [9.17, 15) is 9.59 Å². The van der Waals surface area contributed by atoms with E-state index in [0.717, 1.165) is 55.6 Å². The minimum absolute atomic E-state index is 0.0608. The molecular formula is C24H28N4O2. The largest absolute Gasteiger partial charge is 0.322 e. The average Bonchev–Trinajstić information content (AvgIpc) is 3.19. The molecule has 3 heterocycles. The zero-order valence-corrected chi connectivity index (χ0v) is 17.6. The number of hydrogen-bond donors (Lipinski definition) is 1. The number of fused-ring (bicyclic) bond motifs is 1. The van der Waals surface area contributed by atoms with Crippen molar-refractivity contribution in [1.82, 2.24) is 14.3 Å². The summed E-state index contributed by atoms with van der Waals surface area (Å²) in [6.07, 6.45) is 6.62. The van der Waals surface area contributed by atoms with Crippen LogP contribution >= 0.6 is 0 Å². The van der Waals surface area contributed by atoms with E-state index in [0.29, 0.717) is 11.2 Å². The molecule has 6 heteroatoms. The fourth-order valence-electron chi connectivity index (χ4n) is 4.10. The van der Waals surface area contributed by atoms with Crippen molar-refractivity contribution in [1.29, 1.82) is 0 Å². The van der Waals surface area contributed by atoms with Crippen molar-refractivity contribution >= 4 is 17.4 Å². The van der Waals surface area contributed by atoms with Crippen molar-refractivity contribution in [2.45, 2.75) is 52.0 Å². The van der Waals surface area contributed by atoms with Gasteiger partial charge in [0, 0.05) is 24.5 Å². The molecule has 1 atom stereocenters. The summed E-state index contributed by atoms with van der Waals surface area (Å²) < 4.78 is 1.59. The minimum atomic E-state index is -0.0659. The van der Waals surface area contributed by atoms with Gasteiger partial charge in [0.2, 0.25) is 0 Å². The quantitative estimate of drug-likeness (QED) is 0.669. The van der Waals surface area contributed by atoms with Gasteiger partial charge in [-0.25, -0.2) is 9.78 Å². The number of likely N-dealkylation sites (tertiary alicyclic amines) is 1. The second-order valence-corrected chi connectivity index (χ2v) is 7.96. The molecule has 1 aliphatic heterocycles. The molecule has 6 nitrogen and oxygen atoms in total. The highest BCUT2D eigenvalue weighted by Gasteiger charge is 2.25. The van der Waals surface area contributed by atoms with Gasteiger partial charge in [0.1, 0.15) is 5.65 Å². The summed E-state index contributed by atoms with van der Waals surface area (Å²) in [4.78, 5) is 32.4. The van der Waals surface area contributed by atoms with E-state index in [-0.39, 0.29) is 17.6 Å². The fraction of sp³-hybridized carbons (Fsp3) is 0.375. The third-order valence-corrected chi connectivity index (χ3v) is 5.81. The lowest BCUT2D eigenvalue weighted by atomic mass is 10.0. The first kappa shape index (κ1) is 20.1. The molecule has 1 N–H and O–H groups in total. The molecule has 4 rings (SSSR count). The van der Waals surface area contributed by atoms with Crippen LogP contribution in [0, 0.1) is 0 Å². The number of aromatic nitrogens is 2. The van der Waals surface area contributed by atoms with Crippen molar-refractivity contribution in [3.63, 3.8) is 0 Å². The number of aryl methyl sites for hydroxylation is 1. The van der Waals surface area contributed by atoms with Crippen LogP contribution in [0.25, 0.3) is 16.8 Å². The third-order valence-electron chi connectivity index (χ3n) is 5.81. The Hall–Kier alpha value is -3.15. The van der Waals surface area contributed by atoms with Gasteiger partial charge in [0.05, 0.1) is 11.3 Å². The summed E-state index contributed by atoms with van der Waals surface area (Å²) in [6.45, 7) is 5.01. The maximum absolute atomic E-state index is 13.2. The van der Waals surface area contributed by atoms with Crippen LogP contribution in [0.2, 0.25) is 0 Å². The second kappa shape index (κ2) is 8.69. The molecule has 0 saturated carbocycles. The maximum Gasteiger partial charge on any atom is 0.322 e. The molecule has 0 aliphatic carbocycles. The number of nitrogens with zero attached hydrogens (tertiary/aromatic N) is 3. The first-order chi connectivity index (χ1) is 14.6. The van der Waals surface area contributed by atoms with E-state index >= 15 is 0 Å². The summed E-state index contributed by atoms with van der Waals surface area (Å²) >= 11 is 0. The molecule has 1 aromatic carbocycles. The van der Waals surface area contributed by atoms with Crippen LogP contribution in [-0.2, 0) is 6.42 Å². The number of amides is 2. The Morgan fingerprint density at radius 2 is 2.00 bits per heavy atom. The number of rotatable bonds is 5. The van der Waals surface area contributed by atoms with Gasteiger partial charge in [-0.2, -0.15) is 0 Å². The predicted molar refractivity (Wildman–Crippen MR) is 120 cm³/mol. The molecule has 1 fully saturated rings. The highest BCUT2D eigenvalue weighted by Crippen LogP contribution is 2.24. The normalized spacial score (nSPS) is 16.2. The number of unbranched alkanes of at least 4 members (excludes halogenated alkanes) is 1. The minimum Gasteiger partial charge on any atom is -0.322 e. The van der Waals surface area contributed by atoms with Crippen LogP contribution in [0.5, 0.6) is 0 Å². The molecule has 0 bridgehead atoms. The monoisotopic (exact) mass is 404 g/mol. The Kier molecular flexibility index (Phi) is 5.84. The van der Waals surface area contributed by atoms with E-state index in [4.69, 9.17) is 4.98 Å². The van der Waals surface area contributed by atoms with Crippen LogP contribution in [0.15, 0.2) is 53.5 Å². The first-order valence-electron chi connectivity index (χ1n) is 10.8. The molecule has 2 amide bonds. The van der Waals surface area contributed by atoms with Crippen LogP contribution in [0.4, 0.5) is 10.5 Å². The number of anilines is 1. The molecule has 156 valence electrons. The lowest BCUT2D eigenvalue weighted by Crippen LogP contribution is -2.37. The van der Waals surface area contributed by atoms with E-state index < -0.39 is 0 Å². The van der Waals surface area contributed by atoms with Crippen molar-refractivity contribution in [3.05, 3.63) is 64.7 Å². The van der Waals surface area contributed by atoms with E-state index in [1.165, 1.54) is 0 Å². The van der Waals surface area contributed by atoms with Gasteiger partial charge < -0.3 is 10.2 Å². The number of urea groups is 1. The van der Waals surface area contributed by atoms with E-state index in [1.807, 2.05) is 47.4 Å². The number of carbonyl (C=O) groups excluding carboxylic acids is 1. The topological polar surface area (TPSA) is 66.7 Å². The smallest absolute Gasteiger partial charge is 0.322 e. The molecule has 3 aromatic rings. The van der Waals surface area contributed by atoms with Gasteiger partial charge in [-0.15, -0.1) is 0 Å². The van der Waals surface area contributed by atoms with E-state index in [1.54, 1.807) is 10.6 Å². The Labute approximate surface area is 176 Å². The van der Waals surface area contributed by atoms with Crippen LogP contribution in [0.3, 0.4) is 0 Å². The fourth-order valence-corrected chi connectivity index (χ4v) is 4.10. The lowest BCUT2D eigenvalue weighted by molar-refractivity contribution is 0.210. The Bertz CT molecular complexity index is 1100. The summed E-state index contributed by atoms with van der Waals surface area (Å²) in [5.74, 6) is 0. The zero-order chi connectivity index (χ0) is 21.1. The van der Waals surface area contributed by atoms with Gasteiger partial charge in [-0.3, -0.25) is 9.20 Å². The van der Waals surface area contributed by atoms with Gasteiger partial charge in [0.25, 0.3) is 5.56 Å². The number of hydrogen-bond acceptors (Lipinski definition) is 3. The predicted octanol–water partition coefficient (Wildman–Crippen LogP) is 4.72. The third kappa shape index (κ3) is 3.95. The molecule has 1 saturated heterocycles. The molecule has 0 unspecified atom stereocenters. The number of nitrogens with one attached hydrogen (secondary N) is 1. The summed E-state index contributed by atoms with van der Waals surface area (Å²) in [6, 6.07) is 13.3. The van der Waals surface area contributed by atoms with Gasteiger partial charge in [-0.05, 0) is 62.4 Å². The number of carbonyl (C=O) groups is 1. The van der Waals surface area contributed by atoms with Crippen molar-refractivity contribution in [2.24, 2.45) is 0 Å². The van der Waals surface area contributed by atoms with Crippen molar-refractivity contribution in [3.8, 4) is 11.1 Å². The highest BCUT2D eigenvalue weighted by atomic mass is 16.2. The molecule has 30 heavy (non-hydrogen) atoms. The van der Waals surface area contributed by atoms with Gasteiger partial charge in [-0.1, -0.05) is 31.5 Å². The SMILES string of the molecule is CCCCc1nc2ccccn2c(=O)c1-c1ccc(NC(=O)N2CCC[C@@H]2C)cc1. The summed E-state index contributed by atoms with van der Waals surface area (Å²) in [5.41, 5.74) is 3.63. The van der Waals surface area contributed by atoms with Crippen LogP contribution in [-0.4, -0.2) is 32.9 Å². The Morgan fingerprint density at radius 1 is 1.20 bits per heavy atom. The Morgan fingerprint density at radius 3 is 2.70 bits per heavy atom. The highest BCUT2D eigenvalue weighted by molar-refractivity contribution is 5.90. The van der Waals surface area contributed by atoms with Crippen molar-refractivity contribution in [2.75, 3.05) is 11.9 Å². The number of pyridine rings is 1. The standard InChI is InChI=1S/C24H28N4O2/c1-3-4-9-20-22(23(29)28-15-6-5-10-21(28)26-20)18-11-13-19(14-12-18)25-24(30)27-16-7-8-17(27)2/h5-6,10-15,17H,3-4,7-9,16H2,1-2H3,(H,25,30)/t17-/m0/s1. The molecule has 2 aromatic heterocycles. The summed E-state index contributed by atoms with van der Waals surface area (Å²) in [7, 11) is 0. The number of benzene rings is 1. The van der Waals surface area contributed by atoms with Crippen molar-refractivity contribution < 1.29 is 4.79 Å². The zero-order valence-electron chi connectivity index (χ0n) is 17.6. The van der Waals surface area contributed by atoms with E-state index in [2.05, 4.69) is 19.2 Å². The van der Waals surface area contributed by atoms with Gasteiger partial charge in [0.15, 0.2) is 0 Å². The van der Waals surface area contributed by atoms with Crippen LogP contribution in [0.1, 0.15) is 45.2 Å². The molecule has 0 radical (unpaired) electrons. The molecule has 1 aliphatic rings. The second-order valence-electron chi connectivity index (χ2n) is 7.96.